The molecule has 1 aromatic rings. The largest absolute Gasteiger partial charge is 0.207 e. The van der Waals surface area contributed by atoms with Crippen molar-refractivity contribution in [3.05, 3.63) is 34.4 Å². The zero-order chi connectivity index (χ0) is 18.3. The highest BCUT2D eigenvalue weighted by atomic mass is 19.1. The molecule has 0 bridgehead atoms. The molecule has 0 amide bonds. The Kier molecular flexibility index (Phi) is 5.39. The van der Waals surface area contributed by atoms with Gasteiger partial charge in [0.25, 0.3) is 0 Å². The Morgan fingerprint density at radius 1 is 1.00 bits per heavy atom. The van der Waals surface area contributed by atoms with Crippen molar-refractivity contribution in [2.45, 2.75) is 90.4 Å². The first kappa shape index (κ1) is 18.4. The van der Waals surface area contributed by atoms with Crippen LogP contribution in [0.3, 0.4) is 0 Å². The number of fused-ring (bicyclic) bond motifs is 2. The molecule has 0 N–H and O–H groups in total. The monoisotopic (exact) mass is 360 g/mol. The molecule has 0 aliphatic heterocycles. The van der Waals surface area contributed by atoms with Gasteiger partial charge in [-0.1, -0.05) is 33.1 Å². The third-order valence-electron chi connectivity index (χ3n) is 7.74. The fraction of sp³-hybridized carbons (Fsp3) is 0.750. The molecule has 1 aromatic carbocycles. The average Bonchev–Trinajstić information content (AvgIpc) is 2.62. The van der Waals surface area contributed by atoms with Crippen molar-refractivity contribution in [2.24, 2.45) is 23.7 Å². The van der Waals surface area contributed by atoms with Crippen LogP contribution in [0, 0.1) is 35.3 Å². The standard InChI is InChI=1S/C24H34F2/c1-3-4-16-6-10-21-20(12-16)14-22(25)23(24(21)26)19-9-8-17-11-15(2)5-7-18(17)13-19/h14-19H,3-13H2,1-2H3. The summed E-state index contributed by atoms with van der Waals surface area (Å²) < 4.78 is 30.3. The van der Waals surface area contributed by atoms with Gasteiger partial charge >= 0.3 is 0 Å². The van der Waals surface area contributed by atoms with E-state index in [1.807, 2.05) is 0 Å². The van der Waals surface area contributed by atoms with Crippen LogP contribution in [0.15, 0.2) is 6.07 Å². The number of benzene rings is 1. The molecule has 2 fully saturated rings. The predicted molar refractivity (Wildman–Crippen MR) is 103 cm³/mol. The molecule has 0 spiro atoms. The Bertz CT molecular complexity index is 650. The van der Waals surface area contributed by atoms with Crippen LogP contribution in [0.5, 0.6) is 0 Å². The topological polar surface area (TPSA) is 0 Å². The maximum absolute atomic E-state index is 15.4. The van der Waals surface area contributed by atoms with Gasteiger partial charge in [0.1, 0.15) is 11.6 Å². The van der Waals surface area contributed by atoms with Gasteiger partial charge in [0.05, 0.1) is 0 Å². The van der Waals surface area contributed by atoms with Crippen molar-refractivity contribution in [2.75, 3.05) is 0 Å². The molecular formula is C24H34F2. The molecule has 144 valence electrons. The lowest BCUT2D eigenvalue weighted by atomic mass is 9.64. The van der Waals surface area contributed by atoms with E-state index in [-0.39, 0.29) is 17.6 Å². The lowest BCUT2D eigenvalue weighted by molar-refractivity contribution is 0.122. The summed E-state index contributed by atoms with van der Waals surface area (Å²) in [4.78, 5) is 0. The normalized spacial score (nSPS) is 34.2. The number of rotatable bonds is 3. The maximum Gasteiger partial charge on any atom is 0.133 e. The Labute approximate surface area is 157 Å². The molecule has 4 rings (SSSR count). The summed E-state index contributed by atoms with van der Waals surface area (Å²) in [5.74, 6) is 2.59. The summed E-state index contributed by atoms with van der Waals surface area (Å²) in [6.07, 6.45) is 12.1. The summed E-state index contributed by atoms with van der Waals surface area (Å²) >= 11 is 0. The molecule has 2 saturated carbocycles. The molecule has 3 aliphatic rings. The first-order valence-electron chi connectivity index (χ1n) is 11.1. The minimum absolute atomic E-state index is 0.100. The molecule has 0 saturated heterocycles. The van der Waals surface area contributed by atoms with Crippen LogP contribution < -0.4 is 0 Å². The van der Waals surface area contributed by atoms with Gasteiger partial charge < -0.3 is 0 Å². The highest BCUT2D eigenvalue weighted by Gasteiger charge is 2.37. The van der Waals surface area contributed by atoms with E-state index in [1.54, 1.807) is 6.07 Å². The Hall–Kier alpha value is -0.920. The van der Waals surface area contributed by atoms with Crippen LogP contribution in [0.25, 0.3) is 0 Å². The van der Waals surface area contributed by atoms with Gasteiger partial charge in [0, 0.05) is 5.56 Å². The molecule has 5 atom stereocenters. The quantitative estimate of drug-likeness (QED) is 0.535. The number of hydrogen-bond acceptors (Lipinski definition) is 0. The zero-order valence-electron chi connectivity index (χ0n) is 16.5. The van der Waals surface area contributed by atoms with Gasteiger partial charge in [0.15, 0.2) is 0 Å². The molecule has 0 aromatic heterocycles. The van der Waals surface area contributed by atoms with Crippen molar-refractivity contribution < 1.29 is 8.78 Å². The summed E-state index contributed by atoms with van der Waals surface area (Å²) in [7, 11) is 0. The van der Waals surface area contributed by atoms with Gasteiger partial charge in [-0.15, -0.1) is 0 Å². The number of hydrogen-bond donors (Lipinski definition) is 0. The zero-order valence-corrected chi connectivity index (χ0v) is 16.5. The lowest BCUT2D eigenvalue weighted by Gasteiger charge is -2.42. The molecular weight excluding hydrogens is 326 g/mol. The third kappa shape index (κ3) is 3.45. The van der Waals surface area contributed by atoms with E-state index in [0.717, 1.165) is 67.9 Å². The van der Waals surface area contributed by atoms with E-state index in [2.05, 4.69) is 13.8 Å². The highest BCUT2D eigenvalue weighted by Crippen LogP contribution is 2.49. The van der Waals surface area contributed by atoms with E-state index in [9.17, 15) is 4.39 Å². The Morgan fingerprint density at radius 3 is 2.58 bits per heavy atom. The summed E-state index contributed by atoms with van der Waals surface area (Å²) in [6.45, 7) is 4.55. The Balaban J connectivity index is 1.56. The molecule has 2 heteroatoms. The summed E-state index contributed by atoms with van der Waals surface area (Å²) in [5.41, 5.74) is 2.23. The lowest BCUT2D eigenvalue weighted by Crippen LogP contribution is -2.30. The van der Waals surface area contributed by atoms with Crippen LogP contribution >= 0.6 is 0 Å². The van der Waals surface area contributed by atoms with Crippen molar-refractivity contribution >= 4 is 0 Å². The maximum atomic E-state index is 15.4. The van der Waals surface area contributed by atoms with Gasteiger partial charge in [0.2, 0.25) is 0 Å². The van der Waals surface area contributed by atoms with E-state index in [4.69, 9.17) is 0 Å². The second-order valence-corrected chi connectivity index (χ2v) is 9.57. The van der Waals surface area contributed by atoms with Crippen LogP contribution in [0.4, 0.5) is 8.78 Å². The van der Waals surface area contributed by atoms with Crippen LogP contribution in [-0.4, -0.2) is 0 Å². The van der Waals surface area contributed by atoms with Gasteiger partial charge in [-0.05, 0) is 98.1 Å². The summed E-state index contributed by atoms with van der Waals surface area (Å²) in [6, 6.07) is 1.70. The average molecular weight is 361 g/mol. The van der Waals surface area contributed by atoms with Crippen LogP contribution in [-0.2, 0) is 12.8 Å². The third-order valence-corrected chi connectivity index (χ3v) is 7.74. The second kappa shape index (κ2) is 7.60. The minimum Gasteiger partial charge on any atom is -0.207 e. The van der Waals surface area contributed by atoms with Crippen molar-refractivity contribution in [3.8, 4) is 0 Å². The molecule has 0 nitrogen and oxygen atoms in total. The highest BCUT2D eigenvalue weighted by molar-refractivity contribution is 5.39. The van der Waals surface area contributed by atoms with Gasteiger partial charge in [-0.3, -0.25) is 0 Å². The molecule has 26 heavy (non-hydrogen) atoms. The number of halogens is 2. The van der Waals surface area contributed by atoms with Crippen LogP contribution in [0.2, 0.25) is 0 Å². The van der Waals surface area contributed by atoms with E-state index in [0.29, 0.717) is 17.4 Å². The van der Waals surface area contributed by atoms with E-state index in [1.165, 1.54) is 25.7 Å². The van der Waals surface area contributed by atoms with E-state index < -0.39 is 0 Å². The van der Waals surface area contributed by atoms with Gasteiger partial charge in [-0.2, -0.15) is 0 Å². The first-order valence-corrected chi connectivity index (χ1v) is 11.1. The summed E-state index contributed by atoms with van der Waals surface area (Å²) in [5, 5.41) is 0. The molecule has 5 unspecified atom stereocenters. The van der Waals surface area contributed by atoms with Crippen molar-refractivity contribution in [3.63, 3.8) is 0 Å². The predicted octanol–water partition coefficient (Wildman–Crippen LogP) is 7.19. The molecule has 0 radical (unpaired) electrons. The van der Waals surface area contributed by atoms with Gasteiger partial charge in [-0.25, -0.2) is 8.78 Å². The first-order chi connectivity index (χ1) is 12.6. The van der Waals surface area contributed by atoms with Crippen LogP contribution in [0.1, 0.15) is 94.2 Å². The molecule has 0 heterocycles. The van der Waals surface area contributed by atoms with Crippen molar-refractivity contribution in [1.29, 1.82) is 0 Å². The van der Waals surface area contributed by atoms with Crippen molar-refractivity contribution in [1.82, 2.24) is 0 Å². The fourth-order valence-electron chi connectivity index (χ4n) is 6.36. The minimum atomic E-state index is -0.258. The fourth-order valence-corrected chi connectivity index (χ4v) is 6.36. The smallest absolute Gasteiger partial charge is 0.133 e. The second-order valence-electron chi connectivity index (χ2n) is 9.57. The van der Waals surface area contributed by atoms with E-state index >= 15 is 4.39 Å². The Morgan fingerprint density at radius 2 is 1.77 bits per heavy atom. The molecule has 3 aliphatic carbocycles. The SMILES string of the molecule is CCCC1CCc2c(cc(F)c(C3CCC4CC(C)CCC4C3)c2F)C1.